The van der Waals surface area contributed by atoms with E-state index >= 15 is 0 Å². The Bertz CT molecular complexity index is 428. The van der Waals surface area contributed by atoms with Gasteiger partial charge in [-0.25, -0.2) is 0 Å². The molecule has 1 aliphatic rings. The van der Waals surface area contributed by atoms with E-state index in [9.17, 15) is 13.2 Å². The molecule has 2 atom stereocenters. The molecule has 1 saturated carbocycles. The maximum Gasteiger partial charge on any atom is 0.416 e. The molecule has 1 aromatic rings. The summed E-state index contributed by atoms with van der Waals surface area (Å²) < 4.78 is 38.4. The molecule has 2 unspecified atom stereocenters. The summed E-state index contributed by atoms with van der Waals surface area (Å²) in [4.78, 5) is 0. The van der Waals surface area contributed by atoms with E-state index in [1.807, 2.05) is 6.07 Å². The van der Waals surface area contributed by atoms with Gasteiger partial charge in [0, 0.05) is 0 Å². The minimum Gasteiger partial charge on any atom is -0.316 e. The summed E-state index contributed by atoms with van der Waals surface area (Å²) in [5.74, 6) is 0.728. The lowest BCUT2D eigenvalue weighted by Gasteiger charge is -2.21. The first-order chi connectivity index (χ1) is 9.52. The van der Waals surface area contributed by atoms with Crippen molar-refractivity contribution in [3.05, 3.63) is 35.4 Å². The van der Waals surface area contributed by atoms with Gasteiger partial charge in [0.2, 0.25) is 0 Å². The lowest BCUT2D eigenvalue weighted by molar-refractivity contribution is -0.137. The van der Waals surface area contributed by atoms with Gasteiger partial charge in [-0.1, -0.05) is 31.5 Å². The number of hydrogen-bond acceptors (Lipinski definition) is 1. The molecule has 20 heavy (non-hydrogen) atoms. The highest BCUT2D eigenvalue weighted by Crippen LogP contribution is 2.41. The maximum atomic E-state index is 12.8. The van der Waals surface area contributed by atoms with Crippen molar-refractivity contribution >= 4 is 0 Å². The topological polar surface area (TPSA) is 12.0 Å². The Morgan fingerprint density at radius 2 is 2.05 bits per heavy atom. The number of nitrogens with one attached hydrogen (secondary N) is 1. The van der Waals surface area contributed by atoms with Gasteiger partial charge in [0.05, 0.1) is 5.56 Å². The molecule has 0 saturated heterocycles. The number of halogens is 3. The van der Waals surface area contributed by atoms with Crippen molar-refractivity contribution in [2.45, 2.75) is 44.7 Å². The first-order valence-electron chi connectivity index (χ1n) is 7.40. The van der Waals surface area contributed by atoms with Gasteiger partial charge in [-0.3, -0.25) is 0 Å². The van der Waals surface area contributed by atoms with Crippen LogP contribution in [-0.2, 0) is 6.18 Å². The summed E-state index contributed by atoms with van der Waals surface area (Å²) in [6.45, 7) is 4.01. The van der Waals surface area contributed by atoms with Crippen LogP contribution in [0.4, 0.5) is 13.2 Å². The fourth-order valence-corrected chi connectivity index (χ4v) is 3.13. The van der Waals surface area contributed by atoms with E-state index in [1.54, 1.807) is 0 Å². The van der Waals surface area contributed by atoms with Crippen LogP contribution in [-0.4, -0.2) is 13.1 Å². The lowest BCUT2D eigenvalue weighted by Crippen LogP contribution is -2.25. The van der Waals surface area contributed by atoms with Crippen LogP contribution in [0.1, 0.15) is 49.7 Å². The van der Waals surface area contributed by atoms with Gasteiger partial charge in [0.1, 0.15) is 0 Å². The largest absolute Gasteiger partial charge is 0.416 e. The summed E-state index contributed by atoms with van der Waals surface area (Å²) in [6, 6.07) is 5.87. The highest BCUT2D eigenvalue weighted by molar-refractivity contribution is 5.29. The van der Waals surface area contributed by atoms with Crippen molar-refractivity contribution in [2.24, 2.45) is 5.92 Å². The molecule has 0 spiro atoms. The van der Waals surface area contributed by atoms with Gasteiger partial charge in [0.15, 0.2) is 0 Å². The fourth-order valence-electron chi connectivity index (χ4n) is 3.13. The van der Waals surface area contributed by atoms with Crippen LogP contribution in [0.2, 0.25) is 0 Å². The second-order valence-corrected chi connectivity index (χ2v) is 5.62. The van der Waals surface area contributed by atoms with E-state index in [0.29, 0.717) is 5.92 Å². The molecule has 1 aromatic carbocycles. The van der Waals surface area contributed by atoms with Gasteiger partial charge in [-0.05, 0) is 55.8 Å². The molecule has 0 aromatic heterocycles. The third-order valence-electron chi connectivity index (χ3n) is 4.13. The Morgan fingerprint density at radius 1 is 1.25 bits per heavy atom. The third kappa shape index (κ3) is 3.75. The Hall–Kier alpha value is -1.03. The van der Waals surface area contributed by atoms with Gasteiger partial charge < -0.3 is 5.32 Å². The van der Waals surface area contributed by atoms with Crippen molar-refractivity contribution in [2.75, 3.05) is 13.1 Å². The van der Waals surface area contributed by atoms with Gasteiger partial charge >= 0.3 is 6.18 Å². The predicted octanol–water partition coefficient (Wildman–Crippen LogP) is 4.59. The van der Waals surface area contributed by atoms with Crippen molar-refractivity contribution in [3.63, 3.8) is 0 Å². The van der Waals surface area contributed by atoms with Crippen LogP contribution in [0, 0.1) is 5.92 Å². The van der Waals surface area contributed by atoms with Crippen molar-refractivity contribution < 1.29 is 13.2 Å². The molecule has 1 N–H and O–H groups in total. The summed E-state index contributed by atoms with van der Waals surface area (Å²) >= 11 is 0. The number of hydrogen-bond donors (Lipinski definition) is 1. The molecule has 0 heterocycles. The second-order valence-electron chi connectivity index (χ2n) is 5.62. The van der Waals surface area contributed by atoms with E-state index in [2.05, 4.69) is 12.2 Å². The minimum atomic E-state index is -4.25. The second kappa shape index (κ2) is 6.61. The smallest absolute Gasteiger partial charge is 0.316 e. The van der Waals surface area contributed by atoms with Crippen molar-refractivity contribution in [1.82, 2.24) is 5.32 Å². The van der Waals surface area contributed by atoms with E-state index in [0.717, 1.165) is 50.4 Å². The lowest BCUT2D eigenvalue weighted by atomic mass is 9.88. The highest BCUT2D eigenvalue weighted by atomic mass is 19.4. The Balaban J connectivity index is 2.09. The molecule has 0 amide bonds. The molecule has 2 rings (SSSR count). The zero-order chi connectivity index (χ0) is 14.6. The Morgan fingerprint density at radius 3 is 2.75 bits per heavy atom. The van der Waals surface area contributed by atoms with Crippen LogP contribution >= 0.6 is 0 Å². The molecular formula is C16H22F3N. The molecule has 4 heteroatoms. The van der Waals surface area contributed by atoms with E-state index in [1.165, 1.54) is 12.1 Å². The highest BCUT2D eigenvalue weighted by Gasteiger charge is 2.33. The normalized spacial score (nSPS) is 23.2. The third-order valence-corrected chi connectivity index (χ3v) is 4.13. The Labute approximate surface area is 118 Å². The van der Waals surface area contributed by atoms with E-state index < -0.39 is 11.7 Å². The fraction of sp³-hybridized carbons (Fsp3) is 0.625. The molecule has 112 valence electrons. The van der Waals surface area contributed by atoms with Crippen molar-refractivity contribution in [3.8, 4) is 0 Å². The van der Waals surface area contributed by atoms with Crippen LogP contribution in [0.15, 0.2) is 24.3 Å². The summed E-state index contributed by atoms with van der Waals surface area (Å²) in [5, 5.41) is 3.40. The molecule has 1 fully saturated rings. The number of rotatable bonds is 5. The van der Waals surface area contributed by atoms with Gasteiger partial charge in [0.25, 0.3) is 0 Å². The van der Waals surface area contributed by atoms with Crippen LogP contribution < -0.4 is 5.32 Å². The molecule has 0 bridgehead atoms. The Kier molecular flexibility index (Phi) is 5.08. The molecule has 1 aliphatic carbocycles. The maximum absolute atomic E-state index is 12.8. The van der Waals surface area contributed by atoms with Gasteiger partial charge in [-0.2, -0.15) is 13.2 Å². The predicted molar refractivity (Wildman–Crippen MR) is 74.7 cm³/mol. The summed E-state index contributed by atoms with van der Waals surface area (Å²) in [5.41, 5.74) is 0.322. The average molecular weight is 285 g/mol. The standard InChI is InChI=1S/C16H22F3N/c1-2-9-20-11-13-6-4-8-15(13)12-5-3-7-14(10-12)16(17,18)19/h3,5,7,10,13,15,20H,2,4,6,8-9,11H2,1H3. The monoisotopic (exact) mass is 285 g/mol. The van der Waals surface area contributed by atoms with Crippen LogP contribution in [0.25, 0.3) is 0 Å². The van der Waals surface area contributed by atoms with Gasteiger partial charge in [-0.15, -0.1) is 0 Å². The zero-order valence-electron chi connectivity index (χ0n) is 11.8. The van der Waals surface area contributed by atoms with Crippen LogP contribution in [0.5, 0.6) is 0 Å². The average Bonchev–Trinajstić information content (AvgIpc) is 2.87. The SMILES string of the molecule is CCCNCC1CCCC1c1cccc(C(F)(F)F)c1. The molecule has 0 radical (unpaired) electrons. The minimum absolute atomic E-state index is 0.265. The number of alkyl halides is 3. The molecule has 0 aliphatic heterocycles. The van der Waals surface area contributed by atoms with E-state index in [4.69, 9.17) is 0 Å². The number of benzene rings is 1. The molecular weight excluding hydrogens is 263 g/mol. The van der Waals surface area contributed by atoms with Crippen LogP contribution in [0.3, 0.4) is 0 Å². The quantitative estimate of drug-likeness (QED) is 0.780. The first kappa shape index (κ1) is 15.4. The van der Waals surface area contributed by atoms with Crippen molar-refractivity contribution in [1.29, 1.82) is 0 Å². The van der Waals surface area contributed by atoms with E-state index in [-0.39, 0.29) is 5.92 Å². The first-order valence-corrected chi connectivity index (χ1v) is 7.40. The summed E-state index contributed by atoms with van der Waals surface area (Å²) in [6.07, 6.45) is 0.0578. The zero-order valence-corrected chi connectivity index (χ0v) is 11.8. The molecule has 1 nitrogen and oxygen atoms in total. The summed E-state index contributed by atoms with van der Waals surface area (Å²) in [7, 11) is 0.